The van der Waals surface area contributed by atoms with Crippen LogP contribution in [0.1, 0.15) is 17.3 Å². The van der Waals surface area contributed by atoms with E-state index in [1.807, 2.05) is 6.92 Å². The van der Waals surface area contributed by atoms with Crippen molar-refractivity contribution in [1.29, 1.82) is 0 Å². The van der Waals surface area contributed by atoms with Gasteiger partial charge in [0.05, 0.1) is 6.61 Å². The second-order valence-corrected chi connectivity index (χ2v) is 5.31. The summed E-state index contributed by atoms with van der Waals surface area (Å²) in [4.78, 5) is 12.1. The molecule has 2 aromatic rings. The van der Waals surface area contributed by atoms with Crippen LogP contribution in [0, 0.1) is 0 Å². The van der Waals surface area contributed by atoms with E-state index in [2.05, 4.69) is 10.1 Å². The zero-order chi connectivity index (χ0) is 17.5. The third-order valence-electron chi connectivity index (χ3n) is 3.35. The number of carbonyl (C=O) groups is 1. The third-order valence-corrected chi connectivity index (χ3v) is 3.35. The third kappa shape index (κ3) is 5.03. The summed E-state index contributed by atoms with van der Waals surface area (Å²) in [7, 11) is 1.58. The molecule has 128 valence electrons. The lowest BCUT2D eigenvalue weighted by Gasteiger charge is -2.13. The molecule has 0 aliphatic rings. The number of alkyl halides is 2. The first-order valence-electron chi connectivity index (χ1n) is 7.44. The molecule has 0 bridgehead atoms. The molecular weight excluding hydrogens is 316 g/mol. The van der Waals surface area contributed by atoms with Crippen molar-refractivity contribution in [3.63, 3.8) is 0 Å². The topological polar surface area (TPSA) is 47.6 Å². The van der Waals surface area contributed by atoms with Crippen molar-refractivity contribution in [2.75, 3.05) is 13.7 Å². The lowest BCUT2D eigenvalue weighted by Crippen LogP contribution is -2.35. The van der Waals surface area contributed by atoms with E-state index in [1.165, 1.54) is 12.1 Å². The monoisotopic (exact) mass is 335 g/mol. The molecule has 2 aromatic carbocycles. The lowest BCUT2D eigenvalue weighted by molar-refractivity contribution is -0.0498. The van der Waals surface area contributed by atoms with Crippen molar-refractivity contribution in [2.24, 2.45) is 0 Å². The zero-order valence-corrected chi connectivity index (χ0v) is 13.5. The van der Waals surface area contributed by atoms with Crippen molar-refractivity contribution in [3.8, 4) is 16.9 Å². The van der Waals surface area contributed by atoms with Crippen LogP contribution in [0.3, 0.4) is 0 Å². The Balaban J connectivity index is 2.04. The molecule has 0 heterocycles. The number of benzene rings is 2. The molecule has 2 rings (SSSR count). The van der Waals surface area contributed by atoms with Gasteiger partial charge in [0.1, 0.15) is 5.75 Å². The van der Waals surface area contributed by atoms with Gasteiger partial charge in [-0.15, -0.1) is 0 Å². The SMILES string of the molecule is COC[C@@H](C)NC(=O)c1ccc(-c2ccc(OC(F)F)cc2)cc1. The molecule has 24 heavy (non-hydrogen) atoms. The highest BCUT2D eigenvalue weighted by molar-refractivity contribution is 5.94. The summed E-state index contributed by atoms with van der Waals surface area (Å²) < 4.78 is 33.6. The van der Waals surface area contributed by atoms with Crippen molar-refractivity contribution in [2.45, 2.75) is 19.6 Å². The maximum atomic E-state index is 12.1. The number of hydrogen-bond donors (Lipinski definition) is 1. The smallest absolute Gasteiger partial charge is 0.387 e. The molecular formula is C18H19F2NO3. The number of amides is 1. The summed E-state index contributed by atoms with van der Waals surface area (Å²) >= 11 is 0. The molecule has 0 spiro atoms. The van der Waals surface area contributed by atoms with Gasteiger partial charge in [-0.25, -0.2) is 0 Å². The van der Waals surface area contributed by atoms with Crippen molar-refractivity contribution >= 4 is 5.91 Å². The van der Waals surface area contributed by atoms with Crippen molar-refractivity contribution in [1.82, 2.24) is 5.32 Å². The predicted octanol–water partition coefficient (Wildman–Crippen LogP) is 3.72. The van der Waals surface area contributed by atoms with E-state index in [0.717, 1.165) is 11.1 Å². The average molecular weight is 335 g/mol. The molecule has 0 aliphatic carbocycles. The first-order valence-corrected chi connectivity index (χ1v) is 7.44. The largest absolute Gasteiger partial charge is 0.435 e. The van der Waals surface area contributed by atoms with Crippen LogP contribution in [-0.4, -0.2) is 32.3 Å². The Morgan fingerprint density at radius 1 is 1.04 bits per heavy atom. The number of nitrogens with one attached hydrogen (secondary N) is 1. The van der Waals surface area contributed by atoms with Crippen molar-refractivity contribution in [3.05, 3.63) is 54.1 Å². The molecule has 6 heteroatoms. The van der Waals surface area contributed by atoms with Gasteiger partial charge >= 0.3 is 6.61 Å². The van der Waals surface area contributed by atoms with E-state index in [-0.39, 0.29) is 17.7 Å². The van der Waals surface area contributed by atoms with Gasteiger partial charge in [-0.3, -0.25) is 4.79 Å². The first kappa shape index (κ1) is 17.9. The normalized spacial score (nSPS) is 12.0. The van der Waals surface area contributed by atoms with Crippen LogP contribution >= 0.6 is 0 Å². The number of methoxy groups -OCH3 is 1. The molecule has 1 atom stereocenters. The highest BCUT2D eigenvalue weighted by Gasteiger charge is 2.10. The number of rotatable bonds is 7. The summed E-state index contributed by atoms with van der Waals surface area (Å²) in [6, 6.07) is 13.3. The van der Waals surface area contributed by atoms with Gasteiger partial charge in [-0.05, 0) is 42.3 Å². The minimum atomic E-state index is -2.84. The highest BCUT2D eigenvalue weighted by atomic mass is 19.3. The van der Waals surface area contributed by atoms with Gasteiger partial charge < -0.3 is 14.8 Å². The number of hydrogen-bond acceptors (Lipinski definition) is 3. The fraction of sp³-hybridized carbons (Fsp3) is 0.278. The molecule has 0 saturated carbocycles. The maximum Gasteiger partial charge on any atom is 0.387 e. The van der Waals surface area contributed by atoms with Gasteiger partial charge in [-0.1, -0.05) is 24.3 Å². The molecule has 4 nitrogen and oxygen atoms in total. The quantitative estimate of drug-likeness (QED) is 0.839. The molecule has 0 aliphatic heterocycles. The fourth-order valence-electron chi connectivity index (χ4n) is 2.24. The molecule has 1 amide bonds. The van der Waals surface area contributed by atoms with Gasteiger partial charge in [0.15, 0.2) is 0 Å². The minimum absolute atomic E-state index is 0.0791. The predicted molar refractivity (Wildman–Crippen MR) is 87.3 cm³/mol. The molecule has 0 radical (unpaired) electrons. The molecule has 0 fully saturated rings. The van der Waals surface area contributed by atoms with Gasteiger partial charge in [0, 0.05) is 18.7 Å². The van der Waals surface area contributed by atoms with E-state index in [9.17, 15) is 13.6 Å². The van der Waals surface area contributed by atoms with E-state index >= 15 is 0 Å². The Kier molecular flexibility index (Phi) is 6.26. The summed E-state index contributed by atoms with van der Waals surface area (Å²) in [6.07, 6.45) is 0. The number of carbonyl (C=O) groups excluding carboxylic acids is 1. The van der Waals surface area contributed by atoms with Crippen molar-refractivity contribution < 1.29 is 23.0 Å². The van der Waals surface area contributed by atoms with Crippen LogP contribution in [-0.2, 0) is 4.74 Å². The maximum absolute atomic E-state index is 12.1. The fourth-order valence-corrected chi connectivity index (χ4v) is 2.24. The second-order valence-electron chi connectivity index (χ2n) is 5.31. The highest BCUT2D eigenvalue weighted by Crippen LogP contribution is 2.23. The Morgan fingerprint density at radius 3 is 2.08 bits per heavy atom. The Morgan fingerprint density at radius 2 is 1.58 bits per heavy atom. The molecule has 0 aromatic heterocycles. The summed E-state index contributed by atoms with van der Waals surface area (Å²) in [5, 5.41) is 2.83. The minimum Gasteiger partial charge on any atom is -0.435 e. The second kappa shape index (κ2) is 8.40. The Bertz CT molecular complexity index is 657. The Labute approximate surface area is 139 Å². The van der Waals surface area contributed by atoms with Gasteiger partial charge in [-0.2, -0.15) is 8.78 Å². The van der Waals surface area contributed by atoms with E-state index in [4.69, 9.17) is 4.74 Å². The van der Waals surface area contributed by atoms with E-state index in [0.29, 0.717) is 12.2 Å². The van der Waals surface area contributed by atoms with E-state index < -0.39 is 6.61 Å². The van der Waals surface area contributed by atoms with Crippen LogP contribution in [0.2, 0.25) is 0 Å². The molecule has 0 unspecified atom stereocenters. The standard InChI is InChI=1S/C18H19F2NO3/c1-12(11-23-2)21-17(22)15-5-3-13(4-6-15)14-7-9-16(10-8-14)24-18(19)20/h3-10,12,18H,11H2,1-2H3,(H,21,22)/t12-/m1/s1. The van der Waals surface area contributed by atoms with Gasteiger partial charge in [0.2, 0.25) is 0 Å². The Hall–Kier alpha value is -2.47. The summed E-state index contributed by atoms with van der Waals surface area (Å²) in [6.45, 7) is -0.538. The average Bonchev–Trinajstić information content (AvgIpc) is 2.55. The molecule has 1 N–H and O–H groups in total. The summed E-state index contributed by atoms with van der Waals surface area (Å²) in [5.74, 6) is -0.0661. The zero-order valence-electron chi connectivity index (χ0n) is 13.5. The molecule has 0 saturated heterocycles. The number of halogens is 2. The summed E-state index contributed by atoms with van der Waals surface area (Å²) in [5.41, 5.74) is 2.26. The van der Waals surface area contributed by atoms with Crippen LogP contribution in [0.4, 0.5) is 8.78 Å². The van der Waals surface area contributed by atoms with Crippen LogP contribution < -0.4 is 10.1 Å². The number of ether oxygens (including phenoxy) is 2. The van der Waals surface area contributed by atoms with Gasteiger partial charge in [0.25, 0.3) is 5.91 Å². The van der Waals surface area contributed by atoms with E-state index in [1.54, 1.807) is 43.5 Å². The van der Waals surface area contributed by atoms with Crippen LogP contribution in [0.25, 0.3) is 11.1 Å². The lowest BCUT2D eigenvalue weighted by atomic mass is 10.0. The van der Waals surface area contributed by atoms with Crippen LogP contribution in [0.5, 0.6) is 5.75 Å². The first-order chi connectivity index (χ1) is 11.5. The van der Waals surface area contributed by atoms with Crippen LogP contribution in [0.15, 0.2) is 48.5 Å².